The third-order valence-electron chi connectivity index (χ3n) is 2.30. The average Bonchev–Trinajstić information content (AvgIpc) is 2.29. The lowest BCUT2D eigenvalue weighted by Crippen LogP contribution is -2.34. The van der Waals surface area contributed by atoms with E-state index in [4.69, 9.17) is 11.6 Å². The normalized spacial score (nSPS) is 14.1. The Morgan fingerprint density at radius 2 is 2.11 bits per heavy atom. The van der Waals surface area contributed by atoms with Crippen LogP contribution in [0.1, 0.15) is 18.6 Å². The zero-order valence-electron chi connectivity index (χ0n) is 9.52. The van der Waals surface area contributed by atoms with Gasteiger partial charge in [0.1, 0.15) is 23.8 Å². The van der Waals surface area contributed by atoms with E-state index in [2.05, 4.69) is 5.32 Å². The summed E-state index contributed by atoms with van der Waals surface area (Å²) >= 11 is 5.54. The van der Waals surface area contributed by atoms with Crippen LogP contribution in [0.15, 0.2) is 12.1 Å². The van der Waals surface area contributed by atoms with Gasteiger partial charge in [-0.15, -0.1) is 0 Å². The summed E-state index contributed by atoms with van der Waals surface area (Å²) in [5.41, 5.74) is -0.238. The number of aromatic hydroxyl groups is 1. The van der Waals surface area contributed by atoms with Crippen molar-refractivity contribution in [3.05, 3.63) is 28.5 Å². The maximum absolute atomic E-state index is 13.1. The smallest absolute Gasteiger partial charge is 0.216 e. The molecule has 7 heteroatoms. The molecule has 0 heterocycles. The van der Waals surface area contributed by atoms with Gasteiger partial charge in [0, 0.05) is 19.0 Å². The molecular weight excluding hydrogens is 265 g/mol. The molecule has 1 aromatic rings. The summed E-state index contributed by atoms with van der Waals surface area (Å²) in [5, 5.41) is 30.9. The van der Waals surface area contributed by atoms with Gasteiger partial charge in [0.25, 0.3) is 0 Å². The Morgan fingerprint density at radius 3 is 2.67 bits per heavy atom. The molecular formula is C11H13ClFNO4. The minimum Gasteiger partial charge on any atom is -0.506 e. The molecule has 0 fully saturated rings. The van der Waals surface area contributed by atoms with Crippen LogP contribution >= 0.6 is 11.6 Å². The highest BCUT2D eigenvalue weighted by Gasteiger charge is 2.23. The molecule has 5 nitrogen and oxygen atoms in total. The van der Waals surface area contributed by atoms with Crippen molar-refractivity contribution in [3.8, 4) is 5.75 Å². The SMILES string of the molecule is CC(=O)NCC(O)C(O)c1cc(F)cc(Cl)c1O. The number of rotatable bonds is 4. The third-order valence-corrected chi connectivity index (χ3v) is 2.59. The number of amides is 1. The van der Waals surface area contributed by atoms with Gasteiger partial charge in [-0.1, -0.05) is 11.6 Å². The fourth-order valence-corrected chi connectivity index (χ4v) is 1.59. The molecule has 1 rings (SSSR count). The predicted molar refractivity (Wildman–Crippen MR) is 62.7 cm³/mol. The minimum atomic E-state index is -1.56. The van der Waals surface area contributed by atoms with Crippen molar-refractivity contribution < 1.29 is 24.5 Å². The molecule has 2 atom stereocenters. The van der Waals surface area contributed by atoms with Gasteiger partial charge < -0.3 is 20.6 Å². The zero-order valence-corrected chi connectivity index (χ0v) is 10.3. The van der Waals surface area contributed by atoms with Crippen molar-refractivity contribution in [2.24, 2.45) is 0 Å². The molecule has 100 valence electrons. The van der Waals surface area contributed by atoms with Gasteiger partial charge in [0.05, 0.1) is 5.02 Å². The predicted octanol–water partition coefficient (Wildman–Crippen LogP) is 0.715. The highest BCUT2D eigenvalue weighted by Crippen LogP contribution is 2.33. The Bertz CT molecular complexity index is 455. The first-order valence-corrected chi connectivity index (χ1v) is 5.49. The van der Waals surface area contributed by atoms with Crippen LogP contribution in [-0.4, -0.2) is 33.9 Å². The summed E-state index contributed by atoms with van der Waals surface area (Å²) in [5.74, 6) is -1.64. The summed E-state index contributed by atoms with van der Waals surface area (Å²) in [7, 11) is 0. The Labute approximate surface area is 108 Å². The van der Waals surface area contributed by atoms with Gasteiger partial charge in [-0.3, -0.25) is 4.79 Å². The van der Waals surface area contributed by atoms with Crippen molar-refractivity contribution in [3.63, 3.8) is 0 Å². The molecule has 1 aromatic carbocycles. The van der Waals surface area contributed by atoms with Gasteiger partial charge in [0.15, 0.2) is 0 Å². The second kappa shape index (κ2) is 5.99. The number of halogens is 2. The van der Waals surface area contributed by atoms with Gasteiger partial charge in [-0.25, -0.2) is 4.39 Å². The Hall–Kier alpha value is -1.37. The summed E-state index contributed by atoms with van der Waals surface area (Å²) in [4.78, 5) is 10.6. The third kappa shape index (κ3) is 3.56. The van der Waals surface area contributed by atoms with Crippen LogP contribution < -0.4 is 5.32 Å². The molecule has 1 amide bonds. The number of nitrogens with one attached hydrogen (secondary N) is 1. The number of phenols is 1. The number of phenolic OH excluding ortho intramolecular Hbond substituents is 1. The standard InChI is InChI=1S/C11H13ClFNO4/c1-5(15)14-4-9(16)11(18)7-2-6(13)3-8(12)10(7)17/h2-3,9,11,16-18H,4H2,1H3,(H,14,15). The Kier molecular flexibility index (Phi) is 4.89. The minimum absolute atomic E-state index is 0.232. The molecule has 0 aliphatic carbocycles. The van der Waals surface area contributed by atoms with E-state index in [1.54, 1.807) is 0 Å². The summed E-state index contributed by atoms with van der Waals surface area (Å²) in [6.07, 6.45) is -2.96. The molecule has 18 heavy (non-hydrogen) atoms. The second-order valence-electron chi connectivity index (χ2n) is 3.77. The number of carbonyl (C=O) groups excluding carboxylic acids is 1. The van der Waals surface area contributed by atoms with E-state index in [9.17, 15) is 24.5 Å². The fraction of sp³-hybridized carbons (Fsp3) is 0.364. The lowest BCUT2D eigenvalue weighted by atomic mass is 10.0. The number of aliphatic hydroxyl groups is 2. The van der Waals surface area contributed by atoms with E-state index < -0.39 is 23.8 Å². The van der Waals surface area contributed by atoms with Crippen molar-refractivity contribution in [1.82, 2.24) is 5.32 Å². The number of carbonyl (C=O) groups is 1. The monoisotopic (exact) mass is 277 g/mol. The molecule has 0 aromatic heterocycles. The van der Waals surface area contributed by atoms with Crippen LogP contribution in [0, 0.1) is 5.82 Å². The van der Waals surface area contributed by atoms with Gasteiger partial charge in [-0.2, -0.15) is 0 Å². The number of benzene rings is 1. The Balaban J connectivity index is 2.89. The maximum atomic E-state index is 13.1. The van der Waals surface area contributed by atoms with Gasteiger partial charge in [0.2, 0.25) is 5.91 Å². The first-order chi connectivity index (χ1) is 8.32. The van der Waals surface area contributed by atoms with E-state index in [1.807, 2.05) is 0 Å². The lowest BCUT2D eigenvalue weighted by molar-refractivity contribution is -0.119. The van der Waals surface area contributed by atoms with E-state index in [0.29, 0.717) is 0 Å². The van der Waals surface area contributed by atoms with Crippen LogP contribution in [0.3, 0.4) is 0 Å². The molecule has 0 aliphatic rings. The first-order valence-electron chi connectivity index (χ1n) is 5.11. The molecule has 0 bridgehead atoms. The maximum Gasteiger partial charge on any atom is 0.216 e. The van der Waals surface area contributed by atoms with E-state index in [1.165, 1.54) is 6.92 Å². The number of hydrogen-bond acceptors (Lipinski definition) is 4. The van der Waals surface area contributed by atoms with Gasteiger partial charge in [-0.05, 0) is 12.1 Å². The topological polar surface area (TPSA) is 89.8 Å². The summed E-state index contributed by atoms with van der Waals surface area (Å²) < 4.78 is 13.1. The zero-order chi connectivity index (χ0) is 13.9. The van der Waals surface area contributed by atoms with Crippen molar-refractivity contribution in [1.29, 1.82) is 0 Å². The highest BCUT2D eigenvalue weighted by molar-refractivity contribution is 6.32. The molecule has 0 saturated heterocycles. The van der Waals surface area contributed by atoms with Crippen molar-refractivity contribution >= 4 is 17.5 Å². The molecule has 0 spiro atoms. The molecule has 0 aliphatic heterocycles. The molecule has 0 saturated carbocycles. The van der Waals surface area contributed by atoms with Crippen molar-refractivity contribution in [2.45, 2.75) is 19.1 Å². The van der Waals surface area contributed by atoms with Crippen molar-refractivity contribution in [2.75, 3.05) is 6.54 Å². The van der Waals surface area contributed by atoms with Gasteiger partial charge >= 0.3 is 0 Å². The van der Waals surface area contributed by atoms with Crippen LogP contribution in [0.2, 0.25) is 5.02 Å². The molecule has 0 radical (unpaired) electrons. The quantitative estimate of drug-likeness (QED) is 0.653. The molecule has 2 unspecified atom stereocenters. The lowest BCUT2D eigenvalue weighted by Gasteiger charge is -2.19. The van der Waals surface area contributed by atoms with Crippen LogP contribution in [0.4, 0.5) is 4.39 Å². The second-order valence-corrected chi connectivity index (χ2v) is 4.18. The largest absolute Gasteiger partial charge is 0.506 e. The van der Waals surface area contributed by atoms with Crippen LogP contribution in [0.25, 0.3) is 0 Å². The Morgan fingerprint density at radius 1 is 1.50 bits per heavy atom. The van der Waals surface area contributed by atoms with Crippen LogP contribution in [-0.2, 0) is 4.79 Å². The summed E-state index contributed by atoms with van der Waals surface area (Å²) in [6.45, 7) is 1.01. The number of hydrogen-bond donors (Lipinski definition) is 4. The first kappa shape index (κ1) is 14.7. The average molecular weight is 278 g/mol. The van der Waals surface area contributed by atoms with E-state index >= 15 is 0 Å². The highest BCUT2D eigenvalue weighted by atomic mass is 35.5. The van der Waals surface area contributed by atoms with E-state index in [-0.39, 0.29) is 23.0 Å². The summed E-state index contributed by atoms with van der Waals surface area (Å²) in [6, 6.07) is 1.75. The molecule has 4 N–H and O–H groups in total. The number of aliphatic hydroxyl groups excluding tert-OH is 2. The van der Waals surface area contributed by atoms with Crippen LogP contribution in [0.5, 0.6) is 5.75 Å². The fourth-order valence-electron chi connectivity index (χ4n) is 1.38. The van der Waals surface area contributed by atoms with E-state index in [0.717, 1.165) is 12.1 Å².